The number of fused-ring (bicyclic) bond motifs is 3. The van der Waals surface area contributed by atoms with Crippen LogP contribution in [0, 0.1) is 0 Å². The molecule has 0 heterocycles. The van der Waals surface area contributed by atoms with Gasteiger partial charge >= 0.3 is 5.97 Å². The number of Topliss-reactive ketones (excluding diaryl/α,β-unsaturated/α-hetero) is 1. The van der Waals surface area contributed by atoms with Crippen molar-refractivity contribution in [3.63, 3.8) is 0 Å². The number of aryl methyl sites for hydroxylation is 1. The average molecular weight is 302 g/mol. The maximum atomic E-state index is 12.4. The Morgan fingerprint density at radius 1 is 1.09 bits per heavy atom. The van der Waals surface area contributed by atoms with Crippen molar-refractivity contribution >= 4 is 11.8 Å². The molecule has 1 aromatic carbocycles. The summed E-state index contributed by atoms with van der Waals surface area (Å²) in [6.07, 6.45) is 6.62. The summed E-state index contributed by atoms with van der Waals surface area (Å²) >= 11 is 0. The SMILES string of the molecule is CCOC(=O)COc1cc2c(c3c1CCCC3=O)CCCC2. The minimum absolute atomic E-state index is 0.0900. The highest BCUT2D eigenvalue weighted by molar-refractivity contribution is 6.01. The minimum atomic E-state index is -0.365. The van der Waals surface area contributed by atoms with Crippen molar-refractivity contribution in [2.24, 2.45) is 0 Å². The monoisotopic (exact) mass is 302 g/mol. The summed E-state index contributed by atoms with van der Waals surface area (Å²) < 4.78 is 10.6. The van der Waals surface area contributed by atoms with Gasteiger partial charge in [-0.2, -0.15) is 0 Å². The second kappa shape index (κ2) is 6.51. The maximum Gasteiger partial charge on any atom is 0.344 e. The summed E-state index contributed by atoms with van der Waals surface area (Å²) in [4.78, 5) is 23.9. The number of hydrogen-bond donors (Lipinski definition) is 0. The molecule has 22 heavy (non-hydrogen) atoms. The van der Waals surface area contributed by atoms with Gasteiger partial charge in [0, 0.05) is 17.5 Å². The fourth-order valence-electron chi connectivity index (χ4n) is 3.53. The van der Waals surface area contributed by atoms with E-state index in [4.69, 9.17) is 9.47 Å². The van der Waals surface area contributed by atoms with Crippen LogP contribution < -0.4 is 4.74 Å². The molecule has 0 unspecified atom stereocenters. The van der Waals surface area contributed by atoms with Crippen molar-refractivity contribution in [2.45, 2.75) is 51.9 Å². The average Bonchev–Trinajstić information content (AvgIpc) is 2.53. The summed E-state index contributed by atoms with van der Waals surface area (Å²) in [6.45, 7) is 2.04. The molecule has 0 aliphatic heterocycles. The molecule has 3 rings (SSSR count). The number of benzene rings is 1. The van der Waals surface area contributed by atoms with Gasteiger partial charge < -0.3 is 9.47 Å². The zero-order valence-corrected chi connectivity index (χ0v) is 13.1. The number of rotatable bonds is 4. The van der Waals surface area contributed by atoms with E-state index in [1.165, 1.54) is 11.1 Å². The van der Waals surface area contributed by atoms with E-state index < -0.39 is 0 Å². The van der Waals surface area contributed by atoms with Crippen molar-refractivity contribution in [2.75, 3.05) is 13.2 Å². The Kier molecular flexibility index (Phi) is 4.46. The molecule has 1 aromatic rings. The van der Waals surface area contributed by atoms with Crippen LogP contribution in [0.1, 0.15) is 59.7 Å². The zero-order chi connectivity index (χ0) is 15.5. The largest absolute Gasteiger partial charge is 0.482 e. The molecule has 0 N–H and O–H groups in total. The van der Waals surface area contributed by atoms with E-state index in [0.717, 1.165) is 49.7 Å². The van der Waals surface area contributed by atoms with Crippen molar-refractivity contribution < 1.29 is 19.1 Å². The Balaban J connectivity index is 1.94. The number of carbonyl (C=O) groups excluding carboxylic acids is 2. The van der Waals surface area contributed by atoms with Crippen molar-refractivity contribution in [1.29, 1.82) is 0 Å². The van der Waals surface area contributed by atoms with Crippen molar-refractivity contribution in [3.05, 3.63) is 28.3 Å². The second-order valence-corrected chi connectivity index (χ2v) is 5.94. The van der Waals surface area contributed by atoms with E-state index in [-0.39, 0.29) is 18.4 Å². The fourth-order valence-corrected chi connectivity index (χ4v) is 3.53. The van der Waals surface area contributed by atoms with E-state index in [9.17, 15) is 9.59 Å². The van der Waals surface area contributed by atoms with Crippen LogP contribution in [0.4, 0.5) is 0 Å². The van der Waals surface area contributed by atoms with Crippen LogP contribution in [0.25, 0.3) is 0 Å². The minimum Gasteiger partial charge on any atom is -0.482 e. The van der Waals surface area contributed by atoms with E-state index >= 15 is 0 Å². The maximum absolute atomic E-state index is 12.4. The van der Waals surface area contributed by atoms with Gasteiger partial charge in [-0.25, -0.2) is 4.79 Å². The summed E-state index contributed by atoms with van der Waals surface area (Å²) in [7, 11) is 0. The Labute approximate surface area is 130 Å². The highest BCUT2D eigenvalue weighted by Gasteiger charge is 2.27. The van der Waals surface area contributed by atoms with Gasteiger partial charge in [0.25, 0.3) is 0 Å². The molecule has 0 amide bonds. The first kappa shape index (κ1) is 15.1. The Hall–Kier alpha value is -1.84. The topological polar surface area (TPSA) is 52.6 Å². The van der Waals surface area contributed by atoms with Gasteiger partial charge in [0.15, 0.2) is 12.4 Å². The van der Waals surface area contributed by atoms with Crippen LogP contribution in [-0.4, -0.2) is 25.0 Å². The quantitative estimate of drug-likeness (QED) is 0.802. The summed E-state index contributed by atoms with van der Waals surface area (Å²) in [5, 5.41) is 0. The predicted octanol–water partition coefficient (Wildman–Crippen LogP) is 3.03. The lowest BCUT2D eigenvalue weighted by atomic mass is 9.79. The number of esters is 1. The lowest BCUT2D eigenvalue weighted by Gasteiger charge is -2.26. The summed E-state index contributed by atoms with van der Waals surface area (Å²) in [5.74, 6) is 0.578. The first-order valence-corrected chi connectivity index (χ1v) is 8.20. The third kappa shape index (κ3) is 2.87. The standard InChI is InChI=1S/C18H22O4/c1-2-21-17(20)11-22-16-10-12-6-3-4-7-13(12)18-14(16)8-5-9-15(18)19/h10H,2-9,11H2,1H3. The second-order valence-electron chi connectivity index (χ2n) is 5.94. The van der Waals surface area contributed by atoms with Crippen LogP contribution in [0.15, 0.2) is 6.07 Å². The van der Waals surface area contributed by atoms with Crippen LogP contribution >= 0.6 is 0 Å². The van der Waals surface area contributed by atoms with Crippen molar-refractivity contribution in [1.82, 2.24) is 0 Å². The molecule has 2 aliphatic carbocycles. The molecular formula is C18H22O4. The van der Waals surface area contributed by atoms with Crippen LogP contribution in [0.5, 0.6) is 5.75 Å². The molecule has 0 radical (unpaired) electrons. The normalized spacial score (nSPS) is 16.7. The van der Waals surface area contributed by atoms with E-state index in [1.54, 1.807) is 6.92 Å². The predicted molar refractivity (Wildman–Crippen MR) is 82.5 cm³/mol. The molecule has 2 aliphatic rings. The number of carbonyl (C=O) groups is 2. The van der Waals surface area contributed by atoms with Gasteiger partial charge in [0.1, 0.15) is 5.75 Å². The summed E-state index contributed by atoms with van der Waals surface area (Å²) in [5.41, 5.74) is 4.34. The van der Waals surface area contributed by atoms with E-state index in [1.807, 2.05) is 6.07 Å². The third-order valence-electron chi connectivity index (χ3n) is 4.48. The lowest BCUT2D eigenvalue weighted by molar-refractivity contribution is -0.145. The highest BCUT2D eigenvalue weighted by atomic mass is 16.6. The van der Waals surface area contributed by atoms with E-state index in [2.05, 4.69) is 0 Å². The van der Waals surface area contributed by atoms with Gasteiger partial charge in [0.2, 0.25) is 0 Å². The molecule has 118 valence electrons. The van der Waals surface area contributed by atoms with E-state index in [0.29, 0.717) is 18.8 Å². The Morgan fingerprint density at radius 2 is 1.86 bits per heavy atom. The molecule has 0 fully saturated rings. The third-order valence-corrected chi connectivity index (χ3v) is 4.48. The van der Waals surface area contributed by atoms with Gasteiger partial charge in [-0.05, 0) is 62.6 Å². The molecule has 0 saturated carbocycles. The molecule has 4 nitrogen and oxygen atoms in total. The van der Waals surface area contributed by atoms with Crippen molar-refractivity contribution in [3.8, 4) is 5.75 Å². The molecule has 0 bridgehead atoms. The smallest absolute Gasteiger partial charge is 0.344 e. The lowest BCUT2D eigenvalue weighted by Crippen LogP contribution is -2.21. The van der Waals surface area contributed by atoms with Gasteiger partial charge in [-0.3, -0.25) is 4.79 Å². The molecule has 4 heteroatoms. The van der Waals surface area contributed by atoms with Crippen LogP contribution in [0.2, 0.25) is 0 Å². The van der Waals surface area contributed by atoms with Gasteiger partial charge in [0.05, 0.1) is 6.61 Å². The summed E-state index contributed by atoms with van der Waals surface area (Å²) in [6, 6.07) is 2.05. The highest BCUT2D eigenvalue weighted by Crippen LogP contribution is 2.37. The molecule has 0 atom stereocenters. The zero-order valence-electron chi connectivity index (χ0n) is 13.1. The molecule has 0 aromatic heterocycles. The number of ketones is 1. The fraction of sp³-hybridized carbons (Fsp3) is 0.556. The Bertz CT molecular complexity index is 604. The Morgan fingerprint density at radius 3 is 2.68 bits per heavy atom. The molecule has 0 spiro atoms. The van der Waals surface area contributed by atoms with Crippen LogP contribution in [-0.2, 0) is 28.8 Å². The molecule has 0 saturated heterocycles. The first-order valence-electron chi connectivity index (χ1n) is 8.20. The number of hydrogen-bond acceptors (Lipinski definition) is 4. The van der Waals surface area contributed by atoms with Gasteiger partial charge in [-0.15, -0.1) is 0 Å². The van der Waals surface area contributed by atoms with Gasteiger partial charge in [-0.1, -0.05) is 0 Å². The molecular weight excluding hydrogens is 280 g/mol. The number of ether oxygens (including phenoxy) is 2. The van der Waals surface area contributed by atoms with Crippen LogP contribution in [0.3, 0.4) is 0 Å². The first-order chi connectivity index (χ1) is 10.7.